The van der Waals surface area contributed by atoms with Crippen molar-refractivity contribution >= 4 is 0 Å². The second kappa shape index (κ2) is 6.93. The molecule has 1 saturated carbocycles. The van der Waals surface area contributed by atoms with E-state index in [0.29, 0.717) is 0 Å². The first-order chi connectivity index (χ1) is 8.81. The zero-order valence-electron chi connectivity index (χ0n) is 11.9. The highest BCUT2D eigenvalue weighted by molar-refractivity contribution is 4.97. The van der Waals surface area contributed by atoms with Gasteiger partial charge in [0.25, 0.3) is 0 Å². The van der Waals surface area contributed by atoms with Crippen LogP contribution in [-0.4, -0.2) is 16.1 Å². The van der Waals surface area contributed by atoms with Gasteiger partial charge in [-0.05, 0) is 31.2 Å². The molecular formula is C15H27N3. The van der Waals surface area contributed by atoms with Gasteiger partial charge in [-0.25, -0.2) is 4.98 Å². The Morgan fingerprint density at radius 1 is 1.39 bits per heavy atom. The van der Waals surface area contributed by atoms with Gasteiger partial charge in [0.1, 0.15) is 0 Å². The number of aryl methyl sites for hydroxylation is 1. The van der Waals surface area contributed by atoms with Gasteiger partial charge in [0.2, 0.25) is 0 Å². The minimum atomic E-state index is 0.876. The highest BCUT2D eigenvalue weighted by Gasteiger charge is 2.20. The Balaban J connectivity index is 1.75. The van der Waals surface area contributed by atoms with E-state index in [1.165, 1.54) is 44.3 Å². The monoisotopic (exact) mass is 249 g/mol. The minimum absolute atomic E-state index is 0.876. The maximum Gasteiger partial charge on any atom is 0.0948 e. The van der Waals surface area contributed by atoms with Gasteiger partial charge in [0.05, 0.1) is 12.0 Å². The van der Waals surface area contributed by atoms with Crippen LogP contribution in [0.2, 0.25) is 0 Å². The first-order valence-electron chi connectivity index (χ1n) is 7.51. The average molecular weight is 249 g/mol. The van der Waals surface area contributed by atoms with E-state index < -0.39 is 0 Å². The summed E-state index contributed by atoms with van der Waals surface area (Å²) in [6, 6.07) is 0. The lowest BCUT2D eigenvalue weighted by molar-refractivity contribution is 0.247. The van der Waals surface area contributed by atoms with Crippen molar-refractivity contribution in [3.8, 4) is 0 Å². The van der Waals surface area contributed by atoms with Crippen molar-refractivity contribution in [3.05, 3.63) is 18.2 Å². The van der Waals surface area contributed by atoms with E-state index in [-0.39, 0.29) is 0 Å². The molecule has 3 heteroatoms. The first kappa shape index (κ1) is 13.6. The van der Waals surface area contributed by atoms with Crippen molar-refractivity contribution in [1.82, 2.24) is 14.9 Å². The Kier molecular flexibility index (Phi) is 5.24. The van der Waals surface area contributed by atoms with Gasteiger partial charge in [-0.1, -0.05) is 33.1 Å². The van der Waals surface area contributed by atoms with E-state index in [4.69, 9.17) is 0 Å². The van der Waals surface area contributed by atoms with Crippen LogP contribution in [0, 0.1) is 11.8 Å². The molecule has 1 aromatic heterocycles. The average Bonchev–Trinajstić information content (AvgIpc) is 2.80. The number of aromatic nitrogens is 2. The summed E-state index contributed by atoms with van der Waals surface area (Å²) in [6.07, 6.45) is 10.8. The molecule has 1 aliphatic carbocycles. The van der Waals surface area contributed by atoms with Crippen LogP contribution in [0.3, 0.4) is 0 Å². The molecule has 1 aliphatic rings. The normalized spacial score (nSPS) is 24.3. The minimum Gasteiger partial charge on any atom is -0.333 e. The van der Waals surface area contributed by atoms with Crippen LogP contribution < -0.4 is 5.32 Å². The standard InChI is InChI=1S/C15H27N3/c1-3-8-18-12-17-11-15(18)10-16-9-14-7-5-4-6-13(14)2/h11-14,16H,3-10H2,1-2H3. The number of nitrogens with zero attached hydrogens (tertiary/aromatic N) is 2. The van der Waals surface area contributed by atoms with Crippen LogP contribution >= 0.6 is 0 Å². The topological polar surface area (TPSA) is 29.9 Å². The second-order valence-electron chi connectivity index (χ2n) is 5.73. The Morgan fingerprint density at radius 3 is 3.00 bits per heavy atom. The zero-order chi connectivity index (χ0) is 12.8. The summed E-state index contributed by atoms with van der Waals surface area (Å²) < 4.78 is 2.26. The molecule has 18 heavy (non-hydrogen) atoms. The van der Waals surface area contributed by atoms with Crippen molar-refractivity contribution < 1.29 is 0 Å². The van der Waals surface area contributed by atoms with Crippen LogP contribution in [-0.2, 0) is 13.1 Å². The summed E-state index contributed by atoms with van der Waals surface area (Å²) in [5.41, 5.74) is 1.32. The van der Waals surface area contributed by atoms with Gasteiger partial charge < -0.3 is 9.88 Å². The number of hydrogen-bond acceptors (Lipinski definition) is 2. The lowest BCUT2D eigenvalue weighted by Crippen LogP contribution is -2.29. The van der Waals surface area contributed by atoms with Gasteiger partial charge in [0.15, 0.2) is 0 Å². The number of hydrogen-bond donors (Lipinski definition) is 1. The number of imidazole rings is 1. The molecule has 2 atom stereocenters. The van der Waals surface area contributed by atoms with E-state index >= 15 is 0 Å². The third kappa shape index (κ3) is 3.58. The first-order valence-corrected chi connectivity index (χ1v) is 7.51. The summed E-state index contributed by atoms with van der Waals surface area (Å²) in [5, 5.41) is 3.63. The van der Waals surface area contributed by atoms with Crippen LogP contribution in [0.15, 0.2) is 12.5 Å². The van der Waals surface area contributed by atoms with Gasteiger partial charge in [-0.2, -0.15) is 0 Å². The van der Waals surface area contributed by atoms with Gasteiger partial charge in [0, 0.05) is 19.3 Å². The third-order valence-electron chi connectivity index (χ3n) is 4.26. The van der Waals surface area contributed by atoms with E-state index in [9.17, 15) is 0 Å². The molecule has 0 aliphatic heterocycles. The van der Waals surface area contributed by atoms with Gasteiger partial charge in [-0.3, -0.25) is 0 Å². The molecule has 3 nitrogen and oxygen atoms in total. The van der Waals surface area contributed by atoms with Gasteiger partial charge in [-0.15, -0.1) is 0 Å². The molecule has 0 bridgehead atoms. The molecule has 1 aromatic rings. The van der Waals surface area contributed by atoms with Crippen LogP contribution in [0.5, 0.6) is 0 Å². The molecular weight excluding hydrogens is 222 g/mol. The van der Waals surface area contributed by atoms with Crippen molar-refractivity contribution in [3.63, 3.8) is 0 Å². The fourth-order valence-electron chi connectivity index (χ4n) is 3.02. The number of rotatable bonds is 6. The molecule has 0 amide bonds. The molecule has 2 rings (SSSR count). The molecule has 0 aromatic carbocycles. The van der Waals surface area contributed by atoms with Crippen molar-refractivity contribution in [2.24, 2.45) is 11.8 Å². The van der Waals surface area contributed by atoms with Crippen LogP contribution in [0.1, 0.15) is 51.6 Å². The maximum absolute atomic E-state index is 4.24. The smallest absolute Gasteiger partial charge is 0.0948 e. The second-order valence-corrected chi connectivity index (χ2v) is 5.73. The summed E-state index contributed by atoms with van der Waals surface area (Å²) >= 11 is 0. The lowest BCUT2D eigenvalue weighted by atomic mass is 9.80. The Bertz CT molecular complexity index is 345. The van der Waals surface area contributed by atoms with Crippen LogP contribution in [0.25, 0.3) is 0 Å². The molecule has 0 spiro atoms. The zero-order valence-corrected chi connectivity index (χ0v) is 11.9. The Hall–Kier alpha value is -0.830. The SMILES string of the molecule is CCCn1cncc1CNCC1CCCCC1C. The van der Waals surface area contributed by atoms with Gasteiger partial charge >= 0.3 is 0 Å². The van der Waals surface area contributed by atoms with Crippen LogP contribution in [0.4, 0.5) is 0 Å². The molecule has 1 heterocycles. The number of nitrogens with one attached hydrogen (secondary N) is 1. The quantitative estimate of drug-likeness (QED) is 0.839. The predicted molar refractivity (Wildman–Crippen MR) is 75.3 cm³/mol. The summed E-state index contributed by atoms with van der Waals surface area (Å²) in [6.45, 7) is 7.83. The fourth-order valence-corrected chi connectivity index (χ4v) is 3.02. The maximum atomic E-state index is 4.24. The molecule has 0 saturated heterocycles. The fraction of sp³-hybridized carbons (Fsp3) is 0.800. The van der Waals surface area contributed by atoms with Crippen molar-refractivity contribution in [1.29, 1.82) is 0 Å². The summed E-state index contributed by atoms with van der Waals surface area (Å²) in [4.78, 5) is 4.24. The summed E-state index contributed by atoms with van der Waals surface area (Å²) in [7, 11) is 0. The van der Waals surface area contributed by atoms with E-state index in [2.05, 4.69) is 28.7 Å². The van der Waals surface area contributed by atoms with Crippen molar-refractivity contribution in [2.75, 3.05) is 6.54 Å². The Morgan fingerprint density at radius 2 is 2.22 bits per heavy atom. The largest absolute Gasteiger partial charge is 0.333 e. The van der Waals surface area contributed by atoms with E-state index in [1.54, 1.807) is 0 Å². The van der Waals surface area contributed by atoms with E-state index in [0.717, 1.165) is 24.9 Å². The lowest BCUT2D eigenvalue weighted by Gasteiger charge is -2.28. The molecule has 0 radical (unpaired) electrons. The highest BCUT2D eigenvalue weighted by atomic mass is 15.1. The molecule has 102 valence electrons. The third-order valence-corrected chi connectivity index (χ3v) is 4.26. The van der Waals surface area contributed by atoms with Crippen molar-refractivity contribution in [2.45, 2.75) is 59.0 Å². The molecule has 1 fully saturated rings. The summed E-state index contributed by atoms with van der Waals surface area (Å²) in [5.74, 6) is 1.77. The predicted octanol–water partition coefficient (Wildman–Crippen LogP) is 3.21. The Labute approximate surface area is 111 Å². The highest BCUT2D eigenvalue weighted by Crippen LogP contribution is 2.28. The van der Waals surface area contributed by atoms with E-state index in [1.807, 2.05) is 12.5 Å². The molecule has 2 unspecified atom stereocenters. The molecule has 1 N–H and O–H groups in total.